The molecule has 4 rings (SSSR count). The number of carbonyl (C=O) groups excluding carboxylic acids is 2. The molecule has 120 valence electrons. The van der Waals surface area contributed by atoms with Crippen molar-refractivity contribution < 1.29 is 18.9 Å². The van der Waals surface area contributed by atoms with Crippen LogP contribution in [0.2, 0.25) is 0 Å². The highest BCUT2D eigenvalue weighted by Gasteiger charge is 2.57. The Bertz CT molecular complexity index is 486. The molecule has 0 amide bonds. The normalized spacial score (nSPS) is 38.2. The van der Waals surface area contributed by atoms with Crippen LogP contribution in [0.5, 0.6) is 0 Å². The lowest BCUT2D eigenvalue weighted by atomic mass is 9.44. The van der Waals surface area contributed by atoms with Crippen molar-refractivity contribution in [2.45, 2.75) is 39.7 Å². The fraction of sp³-hybridized carbons (Fsp3) is 0.750. The van der Waals surface area contributed by atoms with Gasteiger partial charge in [-0.15, -0.1) is 6.58 Å². The SMILES string of the molecule is C=CB1OC(=O)CN([C@H]2C[C@H]3C[C@H]([C@@H]2C)C3(C)C)CC(=O)O1. The second-order valence-corrected chi connectivity index (χ2v) is 7.51. The standard InChI is InChI=1S/C16H24BNO4/c1-5-17-21-14(19)8-18(9-15(20)22-17)13-7-11-6-12(10(13)2)16(11,3)4/h5,10-13H,1,6-9H2,2-4H3/t10-,11+,12+,13-/m0/s1. The highest BCUT2D eigenvalue weighted by molar-refractivity contribution is 6.54. The molecule has 0 aromatic heterocycles. The van der Waals surface area contributed by atoms with Gasteiger partial charge >= 0.3 is 19.1 Å². The third kappa shape index (κ3) is 2.47. The van der Waals surface area contributed by atoms with Crippen LogP contribution in [-0.2, 0) is 18.9 Å². The van der Waals surface area contributed by atoms with Crippen LogP contribution >= 0.6 is 0 Å². The van der Waals surface area contributed by atoms with Crippen molar-refractivity contribution in [1.82, 2.24) is 4.90 Å². The Labute approximate surface area is 132 Å². The Morgan fingerprint density at radius 1 is 1.23 bits per heavy atom. The number of fused-ring (bicyclic) bond motifs is 2. The zero-order valence-corrected chi connectivity index (χ0v) is 13.6. The van der Waals surface area contributed by atoms with Gasteiger partial charge in [0.15, 0.2) is 0 Å². The quantitative estimate of drug-likeness (QED) is 0.726. The summed E-state index contributed by atoms with van der Waals surface area (Å²) in [4.78, 5) is 25.9. The molecule has 4 atom stereocenters. The fourth-order valence-corrected chi connectivity index (χ4v) is 4.68. The molecule has 0 spiro atoms. The first-order chi connectivity index (χ1) is 10.3. The summed E-state index contributed by atoms with van der Waals surface area (Å²) in [6.45, 7) is 10.7. The molecule has 0 N–H and O–H groups in total. The van der Waals surface area contributed by atoms with E-state index in [1.54, 1.807) is 0 Å². The predicted octanol–water partition coefficient (Wildman–Crippen LogP) is 1.67. The van der Waals surface area contributed by atoms with Crippen LogP contribution in [0.3, 0.4) is 0 Å². The van der Waals surface area contributed by atoms with E-state index in [9.17, 15) is 9.59 Å². The summed E-state index contributed by atoms with van der Waals surface area (Å²) >= 11 is 0. The van der Waals surface area contributed by atoms with Crippen LogP contribution in [0.4, 0.5) is 0 Å². The van der Waals surface area contributed by atoms with E-state index in [0.29, 0.717) is 23.2 Å². The number of rotatable bonds is 2. The molecule has 2 bridgehead atoms. The maximum absolute atomic E-state index is 12.0. The van der Waals surface area contributed by atoms with Crippen molar-refractivity contribution in [2.24, 2.45) is 23.2 Å². The second-order valence-electron chi connectivity index (χ2n) is 7.51. The van der Waals surface area contributed by atoms with Gasteiger partial charge in [0.25, 0.3) is 0 Å². The number of hydrogen-bond donors (Lipinski definition) is 0. The van der Waals surface area contributed by atoms with Gasteiger partial charge < -0.3 is 9.31 Å². The molecule has 1 saturated heterocycles. The summed E-state index contributed by atoms with van der Waals surface area (Å²) in [7, 11) is -0.960. The van der Waals surface area contributed by atoms with E-state index in [4.69, 9.17) is 9.31 Å². The minimum Gasteiger partial charge on any atom is -0.495 e. The summed E-state index contributed by atoms with van der Waals surface area (Å²) in [6, 6.07) is 0.247. The Kier molecular flexibility index (Phi) is 3.83. The average Bonchev–Trinajstić information content (AvgIpc) is 2.43. The zero-order valence-electron chi connectivity index (χ0n) is 13.6. The fourth-order valence-electron chi connectivity index (χ4n) is 4.68. The Morgan fingerprint density at radius 3 is 2.27 bits per heavy atom. The first-order valence-corrected chi connectivity index (χ1v) is 8.08. The minimum atomic E-state index is -0.960. The zero-order chi connectivity index (χ0) is 16.1. The van der Waals surface area contributed by atoms with Gasteiger partial charge in [0, 0.05) is 6.04 Å². The van der Waals surface area contributed by atoms with E-state index in [0.717, 1.165) is 6.42 Å². The highest BCUT2D eigenvalue weighted by Crippen LogP contribution is 2.61. The number of nitrogens with zero attached hydrogens (tertiary/aromatic N) is 1. The smallest absolute Gasteiger partial charge is 0.495 e. The van der Waals surface area contributed by atoms with Crippen LogP contribution < -0.4 is 0 Å². The maximum atomic E-state index is 12.0. The van der Waals surface area contributed by atoms with Gasteiger partial charge in [-0.25, -0.2) is 0 Å². The Balaban J connectivity index is 1.73. The largest absolute Gasteiger partial charge is 0.628 e. The second kappa shape index (κ2) is 5.41. The Morgan fingerprint density at radius 2 is 1.82 bits per heavy atom. The molecule has 3 saturated carbocycles. The van der Waals surface area contributed by atoms with E-state index < -0.39 is 7.12 Å². The van der Waals surface area contributed by atoms with E-state index in [1.807, 2.05) is 4.90 Å². The van der Waals surface area contributed by atoms with Crippen molar-refractivity contribution in [1.29, 1.82) is 0 Å². The first-order valence-electron chi connectivity index (χ1n) is 8.08. The van der Waals surface area contributed by atoms with Crippen molar-refractivity contribution >= 4 is 19.1 Å². The third-order valence-corrected chi connectivity index (χ3v) is 6.13. The van der Waals surface area contributed by atoms with Gasteiger partial charge in [-0.1, -0.05) is 20.8 Å². The molecular weight excluding hydrogens is 281 g/mol. The summed E-state index contributed by atoms with van der Waals surface area (Å²) in [5.74, 6) is 2.42. The lowest BCUT2D eigenvalue weighted by molar-refractivity contribution is -0.160. The lowest BCUT2D eigenvalue weighted by Crippen LogP contribution is -2.62. The summed E-state index contributed by atoms with van der Waals surface area (Å²) in [5.41, 5.74) is 0.383. The third-order valence-electron chi connectivity index (χ3n) is 6.13. The monoisotopic (exact) mass is 305 g/mol. The van der Waals surface area contributed by atoms with Gasteiger partial charge in [0.1, 0.15) is 0 Å². The lowest BCUT2D eigenvalue weighted by Gasteiger charge is -2.63. The van der Waals surface area contributed by atoms with Gasteiger partial charge in [-0.3, -0.25) is 14.5 Å². The van der Waals surface area contributed by atoms with Crippen LogP contribution in [0.25, 0.3) is 0 Å². The van der Waals surface area contributed by atoms with E-state index in [1.165, 1.54) is 12.4 Å². The molecule has 1 aliphatic heterocycles. The van der Waals surface area contributed by atoms with Gasteiger partial charge in [0.2, 0.25) is 0 Å². The molecule has 0 unspecified atom stereocenters. The van der Waals surface area contributed by atoms with Crippen LogP contribution in [0, 0.1) is 23.2 Å². The van der Waals surface area contributed by atoms with E-state index in [2.05, 4.69) is 27.4 Å². The summed E-state index contributed by atoms with van der Waals surface area (Å²) in [6.07, 6.45) is 2.31. The van der Waals surface area contributed by atoms with Crippen LogP contribution in [0.1, 0.15) is 33.6 Å². The van der Waals surface area contributed by atoms with Gasteiger partial charge in [-0.05, 0) is 42.0 Å². The molecule has 6 heteroatoms. The van der Waals surface area contributed by atoms with E-state index in [-0.39, 0.29) is 31.1 Å². The summed E-state index contributed by atoms with van der Waals surface area (Å²) < 4.78 is 10.2. The molecule has 0 aromatic rings. The van der Waals surface area contributed by atoms with Crippen molar-refractivity contribution in [3.8, 4) is 0 Å². The molecule has 3 aliphatic carbocycles. The molecule has 4 fully saturated rings. The van der Waals surface area contributed by atoms with Gasteiger partial charge in [-0.2, -0.15) is 0 Å². The van der Waals surface area contributed by atoms with Crippen molar-refractivity contribution in [2.75, 3.05) is 13.1 Å². The number of hydrogen-bond acceptors (Lipinski definition) is 5. The molecule has 0 radical (unpaired) electrons. The van der Waals surface area contributed by atoms with Crippen LogP contribution in [-0.4, -0.2) is 43.1 Å². The molecular formula is C16H24BNO4. The van der Waals surface area contributed by atoms with Crippen LogP contribution in [0.15, 0.2) is 12.6 Å². The molecule has 0 aromatic carbocycles. The topological polar surface area (TPSA) is 55.8 Å². The maximum Gasteiger partial charge on any atom is 0.628 e. The average molecular weight is 305 g/mol. The van der Waals surface area contributed by atoms with Gasteiger partial charge in [0.05, 0.1) is 13.1 Å². The summed E-state index contributed by atoms with van der Waals surface area (Å²) in [5, 5.41) is 0. The number of carbonyl (C=O) groups is 2. The molecule has 22 heavy (non-hydrogen) atoms. The molecule has 1 heterocycles. The van der Waals surface area contributed by atoms with Crippen molar-refractivity contribution in [3.05, 3.63) is 12.6 Å². The van der Waals surface area contributed by atoms with E-state index >= 15 is 0 Å². The van der Waals surface area contributed by atoms with Crippen molar-refractivity contribution in [3.63, 3.8) is 0 Å². The molecule has 5 nitrogen and oxygen atoms in total. The first kappa shape index (κ1) is 15.6. The Hall–Kier alpha value is -1.30. The highest BCUT2D eigenvalue weighted by atomic mass is 16.6. The predicted molar refractivity (Wildman–Crippen MR) is 82.7 cm³/mol. The minimum absolute atomic E-state index is 0.147. The molecule has 4 aliphatic rings.